The Labute approximate surface area is 356 Å². The molecule has 0 saturated heterocycles. The Morgan fingerprint density at radius 1 is 0.695 bits per heavy atom. The minimum atomic E-state index is -0.850. The number of rotatable bonds is 0. The fourth-order valence-electron chi connectivity index (χ4n) is 5.99. The molecule has 0 unspecified atom stereocenters. The van der Waals surface area contributed by atoms with E-state index in [0.717, 1.165) is 9.37 Å². The lowest BCUT2D eigenvalue weighted by atomic mass is 10.0. The van der Waals surface area contributed by atoms with Crippen LogP contribution in [0.4, 0.5) is 10.6 Å². The predicted octanol–water partition coefficient (Wildman–Crippen LogP) is 8.11. The van der Waals surface area contributed by atoms with Gasteiger partial charge in [0, 0.05) is 18.8 Å². The maximum Gasteiger partial charge on any atom is 0.423 e. The summed E-state index contributed by atoms with van der Waals surface area (Å²) in [6.07, 6.45) is 10.2. The van der Waals surface area contributed by atoms with Gasteiger partial charge in [-0.3, -0.25) is 9.59 Å². The molecule has 59 heavy (non-hydrogen) atoms. The third-order valence-electron chi connectivity index (χ3n) is 8.63. The van der Waals surface area contributed by atoms with Crippen molar-refractivity contribution in [3.8, 4) is 34.5 Å². The average molecular weight is 924 g/mol. The Bertz CT molecular complexity index is 2580. The molecular weight excluding hydrogens is 886 g/mol. The van der Waals surface area contributed by atoms with Gasteiger partial charge in [0.2, 0.25) is 0 Å². The van der Waals surface area contributed by atoms with E-state index in [9.17, 15) is 14.4 Å². The molecule has 0 aliphatic carbocycles. The molecule has 4 aromatic heterocycles. The number of ether oxygens (including phenoxy) is 3. The molecule has 0 saturated carbocycles. The zero-order valence-corrected chi connectivity index (χ0v) is 35.3. The van der Waals surface area contributed by atoms with Crippen molar-refractivity contribution in [1.29, 1.82) is 0 Å². The van der Waals surface area contributed by atoms with Crippen LogP contribution in [-0.4, -0.2) is 76.1 Å². The van der Waals surface area contributed by atoms with E-state index in [-0.39, 0.29) is 30.2 Å². The van der Waals surface area contributed by atoms with Crippen LogP contribution in [0.25, 0.3) is 23.0 Å². The van der Waals surface area contributed by atoms with E-state index < -0.39 is 17.6 Å². The second-order valence-electron chi connectivity index (χ2n) is 14.0. The molecule has 6 heterocycles. The van der Waals surface area contributed by atoms with E-state index in [4.69, 9.17) is 14.2 Å². The van der Waals surface area contributed by atoms with Crippen molar-refractivity contribution in [3.63, 3.8) is 0 Å². The Balaban J connectivity index is 0.000000184. The Kier molecular flexibility index (Phi) is 12.5. The highest BCUT2D eigenvalue weighted by atomic mass is 79.9. The number of ketones is 1. The van der Waals surface area contributed by atoms with Crippen LogP contribution >= 0.6 is 31.9 Å². The third kappa shape index (κ3) is 9.69. The van der Waals surface area contributed by atoms with Crippen LogP contribution in [0, 0.1) is 0 Å². The van der Waals surface area contributed by atoms with Gasteiger partial charge < -0.3 is 23.3 Å². The number of halogens is 2. The summed E-state index contributed by atoms with van der Waals surface area (Å²) in [5.74, 6) is 1.46. The predicted molar refractivity (Wildman–Crippen MR) is 225 cm³/mol. The number of Topliss-reactive ketones (excluding diaryl/α,β-unsaturated/α-hetero) is 1. The maximum atomic E-state index is 13.7. The number of hydrogen-bond donors (Lipinski definition) is 0. The molecular formula is C42H37Br2N9O6. The van der Waals surface area contributed by atoms with Gasteiger partial charge in [-0.25, -0.2) is 14.8 Å². The van der Waals surface area contributed by atoms with Crippen molar-refractivity contribution < 1.29 is 28.6 Å². The Hall–Kier alpha value is -6.33. The number of para-hydroxylation sites is 2. The molecule has 2 aliphatic rings. The summed E-state index contributed by atoms with van der Waals surface area (Å²) >= 11 is 6.91. The molecule has 300 valence electrons. The van der Waals surface area contributed by atoms with Crippen LogP contribution in [0.5, 0.6) is 11.5 Å². The standard InChI is InChI=1S/C23H22BrN5O4.C19H15BrN4O2/c1-23(2,3)33-22(31)29-18-11-7-10-17(26-18)20-27-25-14-28(20)12-4-5-13-32-19-15(21(29)30)8-6-9-16(19)24;20-15-7-4-6-14-17(25)11-13-5-3-8-16(22-13)19-23-21-12-24(19)9-1-2-10-26-18(14)15/h4-11,14H,12-13H2,1-3H3;1-8,12H,9-11H2/b5-4+;2-1-. The molecule has 0 N–H and O–H groups in total. The van der Waals surface area contributed by atoms with Gasteiger partial charge in [-0.15, -0.1) is 20.4 Å². The van der Waals surface area contributed by atoms with Gasteiger partial charge in [-0.2, -0.15) is 4.90 Å². The summed E-state index contributed by atoms with van der Waals surface area (Å²) in [5.41, 5.74) is 1.75. The molecule has 0 radical (unpaired) electrons. The summed E-state index contributed by atoms with van der Waals surface area (Å²) < 4.78 is 22.3. The van der Waals surface area contributed by atoms with E-state index in [0.29, 0.717) is 70.0 Å². The van der Waals surface area contributed by atoms with Crippen molar-refractivity contribution in [2.24, 2.45) is 0 Å². The molecule has 0 spiro atoms. The number of allylic oxidation sites excluding steroid dienone is 2. The molecule has 6 aromatic rings. The number of anilines is 1. The SMILES string of the molecule is CC(C)(C)OC(=O)N1C(=O)c2cccc(Br)c2OC/C=C/Cn2cnnc2-c2cccc1n2.O=C1Cc2cccc(n2)-c2nncn2C/C=C\COc2c(Br)cccc21. The first kappa shape index (κ1) is 40.9. The number of hydrogen-bond acceptors (Lipinski definition) is 12. The summed E-state index contributed by atoms with van der Waals surface area (Å²) in [5, 5.41) is 16.3. The smallest absolute Gasteiger partial charge is 0.423 e. The van der Waals surface area contributed by atoms with Crippen molar-refractivity contribution in [3.05, 3.63) is 136 Å². The Morgan fingerprint density at radius 2 is 1.24 bits per heavy atom. The minimum absolute atomic E-state index is 0.0477. The highest BCUT2D eigenvalue weighted by Gasteiger charge is 2.33. The van der Waals surface area contributed by atoms with E-state index >= 15 is 0 Å². The van der Waals surface area contributed by atoms with Crippen LogP contribution in [0.15, 0.2) is 119 Å². The summed E-state index contributed by atoms with van der Waals surface area (Å²) in [7, 11) is 0. The maximum absolute atomic E-state index is 13.7. The van der Waals surface area contributed by atoms with E-state index in [1.54, 1.807) is 80.5 Å². The molecule has 0 fully saturated rings. The lowest BCUT2D eigenvalue weighted by molar-refractivity contribution is 0.0562. The lowest BCUT2D eigenvalue weighted by Gasteiger charge is -2.26. The van der Waals surface area contributed by atoms with Gasteiger partial charge in [0.25, 0.3) is 5.91 Å². The molecule has 2 amide bonds. The Morgan fingerprint density at radius 3 is 1.85 bits per heavy atom. The molecule has 4 bridgehead atoms. The first-order chi connectivity index (χ1) is 28.5. The molecule has 17 heteroatoms. The fourth-order valence-corrected chi connectivity index (χ4v) is 6.95. The average Bonchev–Trinajstić information content (AvgIpc) is 3.88. The molecule has 8 rings (SSSR count). The number of nitrogens with zero attached hydrogens (tertiary/aromatic N) is 9. The molecule has 15 nitrogen and oxygen atoms in total. The summed E-state index contributed by atoms with van der Waals surface area (Å²) in [4.78, 5) is 49.8. The van der Waals surface area contributed by atoms with Gasteiger partial charge in [-0.1, -0.05) is 36.4 Å². The molecule has 2 aromatic carbocycles. The van der Waals surface area contributed by atoms with Crippen molar-refractivity contribution in [1.82, 2.24) is 39.5 Å². The number of pyridine rings is 2. The van der Waals surface area contributed by atoms with Crippen LogP contribution < -0.4 is 14.4 Å². The lowest BCUT2D eigenvalue weighted by Crippen LogP contribution is -2.41. The number of imide groups is 1. The molecule has 2 aliphatic heterocycles. The van der Waals surface area contributed by atoms with Crippen molar-refractivity contribution >= 4 is 55.5 Å². The normalized spacial score (nSPS) is 15.2. The van der Waals surface area contributed by atoms with Gasteiger partial charge in [0.05, 0.1) is 26.5 Å². The van der Waals surface area contributed by atoms with Gasteiger partial charge in [0.1, 0.15) is 60.2 Å². The van der Waals surface area contributed by atoms with Crippen molar-refractivity contribution in [2.45, 2.75) is 45.9 Å². The van der Waals surface area contributed by atoms with Gasteiger partial charge in [-0.05, 0) is 113 Å². The number of fused-ring (bicyclic) bond motifs is 10. The van der Waals surface area contributed by atoms with Crippen LogP contribution in [-0.2, 0) is 24.2 Å². The topological polar surface area (TPSA) is 169 Å². The first-order valence-corrected chi connectivity index (χ1v) is 20.0. The summed E-state index contributed by atoms with van der Waals surface area (Å²) in [6, 6.07) is 21.1. The van der Waals surface area contributed by atoms with Gasteiger partial charge in [0.15, 0.2) is 17.4 Å². The monoisotopic (exact) mass is 921 g/mol. The van der Waals surface area contributed by atoms with Crippen LogP contribution in [0.1, 0.15) is 47.2 Å². The van der Waals surface area contributed by atoms with E-state index in [1.807, 2.05) is 59.2 Å². The zero-order valence-electron chi connectivity index (χ0n) is 32.2. The summed E-state index contributed by atoms with van der Waals surface area (Å²) in [6.45, 7) is 6.87. The number of benzene rings is 2. The number of carbonyl (C=O) groups is 3. The second-order valence-corrected chi connectivity index (χ2v) is 15.7. The quantitative estimate of drug-likeness (QED) is 0.134. The largest absolute Gasteiger partial charge is 0.488 e. The second kappa shape index (κ2) is 18.1. The van der Waals surface area contributed by atoms with Gasteiger partial charge >= 0.3 is 6.09 Å². The zero-order chi connectivity index (χ0) is 41.5. The van der Waals surface area contributed by atoms with E-state index in [1.165, 1.54) is 0 Å². The fraction of sp³-hybridized carbons (Fsp3) is 0.214. The molecule has 0 atom stereocenters. The first-order valence-electron chi connectivity index (χ1n) is 18.4. The van der Waals surface area contributed by atoms with E-state index in [2.05, 4.69) is 62.2 Å². The highest BCUT2D eigenvalue weighted by Crippen LogP contribution is 2.33. The third-order valence-corrected chi connectivity index (χ3v) is 9.88. The minimum Gasteiger partial charge on any atom is -0.488 e. The number of amides is 2. The van der Waals surface area contributed by atoms with Crippen molar-refractivity contribution in [2.75, 3.05) is 18.1 Å². The highest BCUT2D eigenvalue weighted by molar-refractivity contribution is 9.11. The van der Waals surface area contributed by atoms with Crippen LogP contribution in [0.3, 0.4) is 0 Å². The number of aromatic nitrogens is 8. The van der Waals surface area contributed by atoms with Crippen LogP contribution in [0.2, 0.25) is 0 Å². The number of carbonyl (C=O) groups excluding carboxylic acids is 3.